The number of pyridine rings is 1. The minimum atomic E-state index is -3.96. The molecule has 0 unspecified atom stereocenters. The Balaban J connectivity index is 1.89. The number of hydrogen-bond donors (Lipinski definition) is 2. The molecule has 32 heavy (non-hydrogen) atoms. The number of hydrogen-bond acceptors (Lipinski definition) is 9. The van der Waals surface area contributed by atoms with Gasteiger partial charge in [-0.1, -0.05) is 0 Å². The Morgan fingerprint density at radius 3 is 2.53 bits per heavy atom. The first-order valence-electron chi connectivity index (χ1n) is 9.04. The van der Waals surface area contributed by atoms with E-state index in [1.54, 1.807) is 0 Å². The van der Waals surface area contributed by atoms with Crippen LogP contribution in [0.15, 0.2) is 51.3 Å². The third-order valence-corrected chi connectivity index (χ3v) is 5.90. The quantitative estimate of drug-likeness (QED) is 0.531. The summed E-state index contributed by atoms with van der Waals surface area (Å²) in [6, 6.07) is 7.42. The van der Waals surface area contributed by atoms with Crippen LogP contribution in [0.2, 0.25) is 0 Å². The number of rotatable bonds is 6. The van der Waals surface area contributed by atoms with Gasteiger partial charge in [-0.05, 0) is 36.8 Å². The van der Waals surface area contributed by atoms with Gasteiger partial charge in [0.2, 0.25) is 11.7 Å². The molecule has 0 aliphatic carbocycles. The number of anilines is 1. The van der Waals surface area contributed by atoms with E-state index in [-0.39, 0.29) is 39.2 Å². The summed E-state index contributed by atoms with van der Waals surface area (Å²) in [4.78, 5) is 24.0. The molecule has 2 N–H and O–H groups in total. The van der Waals surface area contributed by atoms with E-state index in [4.69, 9.17) is 4.74 Å². The van der Waals surface area contributed by atoms with Crippen LogP contribution in [-0.2, 0) is 17.1 Å². The summed E-state index contributed by atoms with van der Waals surface area (Å²) in [7, 11) is -1.27. The second kappa shape index (κ2) is 8.86. The van der Waals surface area contributed by atoms with Crippen LogP contribution in [0, 0.1) is 18.3 Å². The van der Waals surface area contributed by atoms with Crippen molar-refractivity contribution in [2.75, 3.05) is 11.8 Å². The Bertz CT molecular complexity index is 1410. The average Bonchev–Trinajstić information content (AvgIpc) is 2.78. The highest BCUT2D eigenvalue weighted by molar-refractivity contribution is 7.92. The summed E-state index contributed by atoms with van der Waals surface area (Å²) < 4.78 is 33.5. The Hall–Kier alpha value is -4.24. The van der Waals surface area contributed by atoms with Crippen molar-refractivity contribution in [2.24, 2.45) is 12.0 Å². The maximum Gasteiger partial charge on any atom is 0.271 e. The first-order valence-corrected chi connectivity index (χ1v) is 10.5. The van der Waals surface area contributed by atoms with Gasteiger partial charge in [-0.3, -0.25) is 19.1 Å². The zero-order chi connectivity index (χ0) is 23.5. The summed E-state index contributed by atoms with van der Waals surface area (Å²) in [5.74, 6) is -0.357. The van der Waals surface area contributed by atoms with Crippen molar-refractivity contribution in [3.63, 3.8) is 0 Å². The highest BCUT2D eigenvalue weighted by atomic mass is 32.2. The monoisotopic (exact) mass is 454 g/mol. The van der Waals surface area contributed by atoms with Crippen LogP contribution in [0.3, 0.4) is 0 Å². The van der Waals surface area contributed by atoms with Gasteiger partial charge in [-0.15, -0.1) is 0 Å². The van der Waals surface area contributed by atoms with E-state index in [0.717, 1.165) is 4.57 Å². The van der Waals surface area contributed by atoms with Gasteiger partial charge in [0.05, 0.1) is 23.3 Å². The molecular formula is C20H18N6O5S. The van der Waals surface area contributed by atoms with E-state index < -0.39 is 15.6 Å². The predicted molar refractivity (Wildman–Crippen MR) is 116 cm³/mol. The van der Waals surface area contributed by atoms with Crippen molar-refractivity contribution in [3.05, 3.63) is 63.7 Å². The SMILES string of the molecule is COc1nccnc1NS(=O)(=O)c1ccc(N=Cc2c(C)c(C#N)c(=O)n(C)c2O)cc1. The molecule has 0 radical (unpaired) electrons. The van der Waals surface area contributed by atoms with Crippen LogP contribution in [0.25, 0.3) is 0 Å². The predicted octanol–water partition coefficient (Wildman–Crippen LogP) is 1.62. The first-order chi connectivity index (χ1) is 15.2. The molecule has 1 aromatic carbocycles. The molecule has 3 rings (SSSR count). The molecule has 0 fully saturated rings. The third-order valence-electron chi connectivity index (χ3n) is 4.55. The summed E-state index contributed by atoms with van der Waals surface area (Å²) in [5, 5.41) is 19.4. The number of aliphatic imine (C=N–C) groups is 1. The molecule has 0 saturated carbocycles. The maximum atomic E-state index is 12.6. The molecule has 0 atom stereocenters. The molecular weight excluding hydrogens is 436 g/mol. The third kappa shape index (κ3) is 4.28. The molecule has 0 saturated heterocycles. The lowest BCUT2D eigenvalue weighted by Gasteiger charge is -2.10. The molecule has 0 aliphatic heterocycles. The van der Waals surface area contributed by atoms with Gasteiger partial charge in [0.1, 0.15) is 11.6 Å². The standard InChI is InChI=1S/C20H18N6O5S/c1-12-15(10-21)19(27)26(2)20(28)16(12)11-24-13-4-6-14(7-5-13)32(29,30)25-17-18(31-3)23-9-8-22-17/h4-9,11,28H,1-3H3,(H,22,25). The summed E-state index contributed by atoms with van der Waals surface area (Å²) in [6.07, 6.45) is 4.00. The number of nitrogens with one attached hydrogen (secondary N) is 1. The minimum Gasteiger partial charge on any atom is -0.494 e. The molecule has 0 bridgehead atoms. The van der Waals surface area contributed by atoms with Crippen LogP contribution in [-0.4, -0.2) is 41.4 Å². The molecule has 0 spiro atoms. The van der Waals surface area contributed by atoms with Crippen molar-refractivity contribution in [2.45, 2.75) is 11.8 Å². The maximum absolute atomic E-state index is 12.6. The number of ether oxygens (including phenoxy) is 1. The zero-order valence-electron chi connectivity index (χ0n) is 17.3. The van der Waals surface area contributed by atoms with Gasteiger partial charge in [0.15, 0.2) is 0 Å². The summed E-state index contributed by atoms with van der Waals surface area (Å²) in [6.45, 7) is 1.53. The Morgan fingerprint density at radius 2 is 1.91 bits per heavy atom. The van der Waals surface area contributed by atoms with Crippen molar-refractivity contribution in [1.29, 1.82) is 5.26 Å². The lowest BCUT2D eigenvalue weighted by molar-refractivity contribution is 0.398. The summed E-state index contributed by atoms with van der Waals surface area (Å²) in [5.41, 5.74) is 0.169. The molecule has 2 heterocycles. The topological polar surface area (TPSA) is 160 Å². The van der Waals surface area contributed by atoms with Crippen LogP contribution in [0.1, 0.15) is 16.7 Å². The largest absolute Gasteiger partial charge is 0.494 e. The highest BCUT2D eigenvalue weighted by Gasteiger charge is 2.18. The van der Waals surface area contributed by atoms with Crippen LogP contribution < -0.4 is 15.0 Å². The number of aromatic nitrogens is 3. The Morgan fingerprint density at radius 1 is 1.25 bits per heavy atom. The Labute approximate surface area is 183 Å². The van der Waals surface area contributed by atoms with Gasteiger partial charge in [0, 0.05) is 25.7 Å². The van der Waals surface area contributed by atoms with Gasteiger partial charge >= 0.3 is 0 Å². The van der Waals surface area contributed by atoms with Gasteiger partial charge in [-0.2, -0.15) is 5.26 Å². The van der Waals surface area contributed by atoms with Crippen LogP contribution in [0.4, 0.5) is 11.5 Å². The number of nitrogens with zero attached hydrogens (tertiary/aromatic N) is 5. The number of methoxy groups -OCH3 is 1. The van der Waals surface area contributed by atoms with Crippen LogP contribution >= 0.6 is 0 Å². The molecule has 12 heteroatoms. The van der Waals surface area contributed by atoms with E-state index in [0.29, 0.717) is 5.69 Å². The minimum absolute atomic E-state index is 0.0291. The molecule has 0 amide bonds. The lowest BCUT2D eigenvalue weighted by Crippen LogP contribution is -2.22. The van der Waals surface area contributed by atoms with E-state index in [2.05, 4.69) is 19.7 Å². The number of aromatic hydroxyl groups is 1. The molecule has 3 aromatic rings. The van der Waals surface area contributed by atoms with Crippen molar-refractivity contribution in [3.8, 4) is 17.8 Å². The van der Waals surface area contributed by atoms with Crippen molar-refractivity contribution in [1.82, 2.24) is 14.5 Å². The lowest BCUT2D eigenvalue weighted by atomic mass is 10.1. The smallest absolute Gasteiger partial charge is 0.271 e. The zero-order valence-corrected chi connectivity index (χ0v) is 18.1. The molecule has 0 aliphatic rings. The Kier molecular flexibility index (Phi) is 6.22. The van der Waals surface area contributed by atoms with E-state index >= 15 is 0 Å². The fraction of sp³-hybridized carbons (Fsp3) is 0.150. The second-order valence-electron chi connectivity index (χ2n) is 6.49. The van der Waals surface area contributed by atoms with E-state index in [9.17, 15) is 23.6 Å². The van der Waals surface area contributed by atoms with Gasteiger partial charge in [0.25, 0.3) is 21.5 Å². The fourth-order valence-corrected chi connectivity index (χ4v) is 3.78. The van der Waals surface area contributed by atoms with Crippen molar-refractivity contribution < 1.29 is 18.3 Å². The second-order valence-corrected chi connectivity index (χ2v) is 8.17. The average molecular weight is 454 g/mol. The molecule has 164 valence electrons. The highest BCUT2D eigenvalue weighted by Crippen LogP contribution is 2.24. The number of nitriles is 1. The van der Waals surface area contributed by atoms with Gasteiger partial charge in [-0.25, -0.2) is 18.4 Å². The van der Waals surface area contributed by atoms with Gasteiger partial charge < -0.3 is 9.84 Å². The summed E-state index contributed by atoms with van der Waals surface area (Å²) >= 11 is 0. The van der Waals surface area contributed by atoms with E-state index in [1.165, 1.54) is 64.0 Å². The molecule has 2 aromatic heterocycles. The fourth-order valence-electron chi connectivity index (χ4n) is 2.77. The number of sulfonamides is 1. The normalized spacial score (nSPS) is 11.3. The first kappa shape index (κ1) is 22.4. The van der Waals surface area contributed by atoms with Crippen LogP contribution in [0.5, 0.6) is 11.8 Å². The van der Waals surface area contributed by atoms with Crippen molar-refractivity contribution >= 4 is 27.7 Å². The van der Waals surface area contributed by atoms with E-state index in [1.807, 2.05) is 6.07 Å². The number of benzene rings is 1. The molecule has 11 nitrogen and oxygen atoms in total.